The molecule has 1 saturated carbocycles. The normalized spacial score (nSPS) is 14.3. The Kier molecular flexibility index (Phi) is 11.0. The molecule has 0 aliphatic heterocycles. The number of hydrogen-bond acceptors (Lipinski definition) is 4. The standard InChI is InChI=1S/C35H45N3O4S/c1-26-16-18-30(19-17-26)25-37(33(24-29-11-6-5-7-12-29)35(40)36-31-13-8-9-14-31)34(39)15-10-20-38(43(4,41)42)32-22-27(2)21-28(3)23-32/h5-7,11-12,16-19,21-23,31,33H,8-10,13-15,20,24-25H2,1-4H3,(H,36,40). The van der Waals surface area contributed by atoms with Crippen molar-refractivity contribution in [3.05, 3.63) is 101 Å². The Morgan fingerprint density at radius 1 is 0.860 bits per heavy atom. The first kappa shape index (κ1) is 32.3. The molecule has 0 saturated heterocycles. The number of nitrogens with one attached hydrogen (secondary N) is 1. The van der Waals surface area contributed by atoms with Crippen molar-refractivity contribution in [1.29, 1.82) is 0 Å². The van der Waals surface area contributed by atoms with Crippen LogP contribution in [0.3, 0.4) is 0 Å². The average Bonchev–Trinajstić information content (AvgIpc) is 3.46. The fraction of sp³-hybridized carbons (Fsp3) is 0.429. The Morgan fingerprint density at radius 2 is 1.49 bits per heavy atom. The molecule has 43 heavy (non-hydrogen) atoms. The third kappa shape index (κ3) is 9.42. The van der Waals surface area contributed by atoms with Crippen LogP contribution in [0.2, 0.25) is 0 Å². The summed E-state index contributed by atoms with van der Waals surface area (Å²) in [7, 11) is -3.56. The highest BCUT2D eigenvalue weighted by molar-refractivity contribution is 7.92. The van der Waals surface area contributed by atoms with Crippen molar-refractivity contribution in [1.82, 2.24) is 10.2 Å². The van der Waals surface area contributed by atoms with Crippen molar-refractivity contribution in [2.75, 3.05) is 17.1 Å². The van der Waals surface area contributed by atoms with Crippen molar-refractivity contribution in [2.24, 2.45) is 0 Å². The van der Waals surface area contributed by atoms with Crippen LogP contribution in [0.1, 0.15) is 66.3 Å². The van der Waals surface area contributed by atoms with Gasteiger partial charge in [0.25, 0.3) is 0 Å². The molecule has 1 N–H and O–H groups in total. The molecule has 1 aliphatic rings. The molecule has 1 fully saturated rings. The van der Waals surface area contributed by atoms with Crippen LogP contribution in [-0.2, 0) is 32.6 Å². The molecule has 7 nitrogen and oxygen atoms in total. The monoisotopic (exact) mass is 603 g/mol. The molecule has 1 atom stereocenters. The van der Waals surface area contributed by atoms with Crippen molar-refractivity contribution in [3.8, 4) is 0 Å². The summed E-state index contributed by atoms with van der Waals surface area (Å²) in [5, 5.41) is 3.24. The molecular weight excluding hydrogens is 558 g/mol. The van der Waals surface area contributed by atoms with E-state index in [0.29, 0.717) is 25.1 Å². The Balaban J connectivity index is 1.59. The predicted octanol–water partition coefficient (Wildman–Crippen LogP) is 5.86. The first-order chi connectivity index (χ1) is 20.5. The molecule has 1 unspecified atom stereocenters. The van der Waals surface area contributed by atoms with Gasteiger partial charge >= 0.3 is 0 Å². The Labute approximate surface area is 257 Å². The fourth-order valence-electron chi connectivity index (χ4n) is 5.91. The zero-order valence-electron chi connectivity index (χ0n) is 25.9. The van der Waals surface area contributed by atoms with Crippen LogP contribution in [0.15, 0.2) is 72.8 Å². The number of carbonyl (C=O) groups is 2. The van der Waals surface area contributed by atoms with E-state index in [1.807, 2.05) is 93.6 Å². The minimum Gasteiger partial charge on any atom is -0.352 e. The number of rotatable bonds is 13. The molecule has 3 aromatic rings. The second-order valence-corrected chi connectivity index (χ2v) is 13.9. The minimum absolute atomic E-state index is 0.116. The molecule has 4 rings (SSSR count). The van der Waals surface area contributed by atoms with Gasteiger partial charge in [0, 0.05) is 32.0 Å². The third-order valence-corrected chi connectivity index (χ3v) is 9.29. The van der Waals surface area contributed by atoms with Gasteiger partial charge in [-0.15, -0.1) is 0 Å². The van der Waals surface area contributed by atoms with Gasteiger partial charge in [-0.2, -0.15) is 0 Å². The van der Waals surface area contributed by atoms with Gasteiger partial charge in [-0.05, 0) is 74.4 Å². The van der Waals surface area contributed by atoms with Gasteiger partial charge < -0.3 is 10.2 Å². The SMILES string of the molecule is Cc1ccc(CN(C(=O)CCCN(c2cc(C)cc(C)c2)S(C)(=O)=O)C(Cc2ccccc2)C(=O)NC2CCCC2)cc1. The number of nitrogens with zero attached hydrogens (tertiary/aromatic N) is 2. The smallest absolute Gasteiger partial charge is 0.243 e. The highest BCUT2D eigenvalue weighted by atomic mass is 32.2. The summed E-state index contributed by atoms with van der Waals surface area (Å²) in [6, 6.07) is 22.9. The minimum atomic E-state index is -3.56. The van der Waals surface area contributed by atoms with Gasteiger partial charge in [-0.25, -0.2) is 8.42 Å². The maximum absolute atomic E-state index is 14.0. The van der Waals surface area contributed by atoms with Crippen LogP contribution >= 0.6 is 0 Å². The lowest BCUT2D eigenvalue weighted by Gasteiger charge is -2.33. The molecule has 2 amide bonds. The predicted molar refractivity (Wildman–Crippen MR) is 173 cm³/mol. The van der Waals surface area contributed by atoms with Crippen molar-refractivity contribution >= 4 is 27.5 Å². The summed E-state index contributed by atoms with van der Waals surface area (Å²) < 4.78 is 26.9. The highest BCUT2D eigenvalue weighted by Gasteiger charge is 2.32. The van der Waals surface area contributed by atoms with Gasteiger partial charge in [0.05, 0.1) is 11.9 Å². The summed E-state index contributed by atoms with van der Waals surface area (Å²) in [4.78, 5) is 29.6. The number of amides is 2. The van der Waals surface area contributed by atoms with Crippen LogP contribution in [0, 0.1) is 20.8 Å². The maximum Gasteiger partial charge on any atom is 0.243 e. The number of benzene rings is 3. The van der Waals surface area contributed by atoms with Gasteiger partial charge in [0.15, 0.2) is 0 Å². The number of carbonyl (C=O) groups excluding carboxylic acids is 2. The summed E-state index contributed by atoms with van der Waals surface area (Å²) in [5.74, 6) is -0.304. The number of anilines is 1. The molecule has 8 heteroatoms. The largest absolute Gasteiger partial charge is 0.352 e. The lowest BCUT2D eigenvalue weighted by molar-refractivity contribution is -0.141. The first-order valence-corrected chi connectivity index (χ1v) is 17.1. The van der Waals surface area contributed by atoms with Crippen LogP contribution in [-0.4, -0.2) is 50.0 Å². The lowest BCUT2D eigenvalue weighted by atomic mass is 10.0. The number of sulfonamides is 1. The Hall–Kier alpha value is -3.65. The second-order valence-electron chi connectivity index (χ2n) is 12.0. The molecule has 0 radical (unpaired) electrons. The van der Waals surface area contributed by atoms with Gasteiger partial charge in [-0.1, -0.05) is 79.1 Å². The molecule has 0 spiro atoms. The lowest BCUT2D eigenvalue weighted by Crippen LogP contribution is -2.52. The van der Waals surface area contributed by atoms with E-state index >= 15 is 0 Å². The van der Waals surface area contributed by atoms with E-state index in [-0.39, 0.29) is 30.8 Å². The van der Waals surface area contributed by atoms with Crippen molar-refractivity contribution in [3.63, 3.8) is 0 Å². The van der Waals surface area contributed by atoms with Crippen LogP contribution in [0.25, 0.3) is 0 Å². The van der Waals surface area contributed by atoms with Gasteiger partial charge in [0.1, 0.15) is 6.04 Å². The Bertz CT molecular complexity index is 1460. The second kappa shape index (κ2) is 14.7. The molecule has 0 aromatic heterocycles. The Morgan fingerprint density at radius 3 is 2.09 bits per heavy atom. The molecule has 230 valence electrons. The summed E-state index contributed by atoms with van der Waals surface area (Å²) in [5.41, 5.74) is 5.59. The van der Waals surface area contributed by atoms with E-state index in [1.54, 1.807) is 4.90 Å². The maximum atomic E-state index is 14.0. The van der Waals surface area contributed by atoms with E-state index in [4.69, 9.17) is 0 Å². The molecule has 0 heterocycles. The molecule has 3 aromatic carbocycles. The zero-order chi connectivity index (χ0) is 31.0. The van der Waals surface area contributed by atoms with Gasteiger partial charge in [0.2, 0.25) is 21.8 Å². The van der Waals surface area contributed by atoms with Crippen molar-refractivity contribution in [2.45, 2.75) is 84.3 Å². The number of aryl methyl sites for hydroxylation is 3. The average molecular weight is 604 g/mol. The topological polar surface area (TPSA) is 86.8 Å². The van der Waals surface area contributed by atoms with Crippen LogP contribution in [0.4, 0.5) is 5.69 Å². The van der Waals surface area contributed by atoms with Gasteiger partial charge in [-0.3, -0.25) is 13.9 Å². The first-order valence-electron chi connectivity index (χ1n) is 15.2. The van der Waals surface area contributed by atoms with E-state index < -0.39 is 16.1 Å². The van der Waals surface area contributed by atoms with E-state index in [1.165, 1.54) is 10.6 Å². The molecule has 0 bridgehead atoms. The summed E-state index contributed by atoms with van der Waals surface area (Å²) in [6.07, 6.45) is 6.13. The molecular formula is C35H45N3O4S. The van der Waals surface area contributed by atoms with Crippen LogP contribution < -0.4 is 9.62 Å². The van der Waals surface area contributed by atoms with E-state index in [9.17, 15) is 18.0 Å². The molecule has 1 aliphatic carbocycles. The summed E-state index contributed by atoms with van der Waals surface area (Å²) >= 11 is 0. The van der Waals surface area contributed by atoms with E-state index in [2.05, 4.69) is 5.32 Å². The third-order valence-electron chi connectivity index (χ3n) is 8.09. The van der Waals surface area contributed by atoms with E-state index in [0.717, 1.165) is 53.5 Å². The van der Waals surface area contributed by atoms with Crippen LogP contribution in [0.5, 0.6) is 0 Å². The van der Waals surface area contributed by atoms with Crippen molar-refractivity contribution < 1.29 is 18.0 Å². The highest BCUT2D eigenvalue weighted by Crippen LogP contribution is 2.24. The quantitative estimate of drug-likeness (QED) is 0.265. The fourth-order valence-corrected chi connectivity index (χ4v) is 6.86. The number of hydrogen-bond donors (Lipinski definition) is 1. The zero-order valence-corrected chi connectivity index (χ0v) is 26.7. The summed E-state index contributed by atoms with van der Waals surface area (Å²) in [6.45, 7) is 6.36.